The third-order valence-corrected chi connectivity index (χ3v) is 4.98. The van der Waals surface area contributed by atoms with E-state index >= 15 is 0 Å². The van der Waals surface area contributed by atoms with Gasteiger partial charge in [-0.2, -0.15) is 0 Å². The molecule has 1 aromatic carbocycles. The molecule has 4 nitrogen and oxygen atoms in total. The van der Waals surface area contributed by atoms with Crippen molar-refractivity contribution in [3.8, 4) is 11.3 Å². The molecule has 0 bridgehead atoms. The summed E-state index contributed by atoms with van der Waals surface area (Å²) in [5, 5.41) is 7.00. The number of rotatable bonds is 6. The summed E-state index contributed by atoms with van der Waals surface area (Å²) in [4.78, 5) is 4.72. The van der Waals surface area contributed by atoms with Crippen molar-refractivity contribution in [2.75, 3.05) is 19.0 Å². The summed E-state index contributed by atoms with van der Waals surface area (Å²) in [7, 11) is 1.73. The van der Waals surface area contributed by atoms with Crippen LogP contribution in [0, 0.1) is 13.8 Å². The summed E-state index contributed by atoms with van der Waals surface area (Å²) < 4.78 is 7.46. The summed E-state index contributed by atoms with van der Waals surface area (Å²) in [6.07, 6.45) is 0. The van der Waals surface area contributed by atoms with Crippen LogP contribution >= 0.6 is 22.9 Å². The van der Waals surface area contributed by atoms with Crippen molar-refractivity contribution in [1.82, 2.24) is 9.55 Å². The Balaban J connectivity index is 1.81. The van der Waals surface area contributed by atoms with Crippen LogP contribution in [0.3, 0.4) is 0 Å². The molecule has 24 heavy (non-hydrogen) atoms. The van der Waals surface area contributed by atoms with Gasteiger partial charge in [0, 0.05) is 46.7 Å². The molecular weight excluding hydrogens is 342 g/mol. The maximum Gasteiger partial charge on any atom is 0.187 e. The van der Waals surface area contributed by atoms with Gasteiger partial charge in [0.25, 0.3) is 0 Å². The van der Waals surface area contributed by atoms with E-state index in [9.17, 15) is 0 Å². The third kappa shape index (κ3) is 3.64. The number of ether oxygens (including phenoxy) is 1. The quantitative estimate of drug-likeness (QED) is 0.649. The summed E-state index contributed by atoms with van der Waals surface area (Å²) >= 11 is 7.51. The molecule has 0 unspecified atom stereocenters. The van der Waals surface area contributed by atoms with Crippen LogP contribution < -0.4 is 5.32 Å². The van der Waals surface area contributed by atoms with Gasteiger partial charge in [0.05, 0.1) is 12.3 Å². The molecule has 0 saturated carbocycles. The fourth-order valence-electron chi connectivity index (χ4n) is 2.70. The number of aromatic nitrogens is 2. The van der Waals surface area contributed by atoms with Gasteiger partial charge in [0.2, 0.25) is 0 Å². The van der Waals surface area contributed by atoms with Crippen LogP contribution in [0.15, 0.2) is 35.7 Å². The van der Waals surface area contributed by atoms with Crippen molar-refractivity contribution in [3.63, 3.8) is 0 Å². The van der Waals surface area contributed by atoms with E-state index in [1.807, 2.05) is 24.3 Å². The van der Waals surface area contributed by atoms with Gasteiger partial charge in [0.15, 0.2) is 5.13 Å². The highest BCUT2D eigenvalue weighted by atomic mass is 35.5. The number of methoxy groups -OCH3 is 1. The molecule has 2 heterocycles. The zero-order valence-corrected chi connectivity index (χ0v) is 15.5. The number of nitrogens with one attached hydrogen (secondary N) is 1. The van der Waals surface area contributed by atoms with Crippen molar-refractivity contribution in [2.45, 2.75) is 20.4 Å². The molecule has 3 aromatic rings. The van der Waals surface area contributed by atoms with E-state index in [-0.39, 0.29) is 0 Å². The number of benzene rings is 1. The van der Waals surface area contributed by atoms with Crippen LogP contribution in [0.4, 0.5) is 10.8 Å². The summed E-state index contributed by atoms with van der Waals surface area (Å²) in [6, 6.07) is 9.80. The van der Waals surface area contributed by atoms with Crippen LogP contribution in [-0.4, -0.2) is 23.3 Å². The lowest BCUT2D eigenvalue weighted by atomic mass is 10.2. The first kappa shape index (κ1) is 17.0. The standard InChI is InChI=1S/C18H20ClN3OS/c1-12-10-16(13(2)22(12)8-9-23-3)17-11-24-18(21-17)20-15-6-4-14(19)5-7-15/h4-7,10-11H,8-9H2,1-3H3,(H,20,21). The molecule has 3 rings (SSSR count). The minimum absolute atomic E-state index is 0.705. The first-order chi connectivity index (χ1) is 11.6. The second-order valence-electron chi connectivity index (χ2n) is 5.60. The van der Waals surface area contributed by atoms with E-state index in [1.165, 1.54) is 17.0 Å². The van der Waals surface area contributed by atoms with Crippen LogP contribution in [0.2, 0.25) is 5.02 Å². The fraction of sp³-hybridized carbons (Fsp3) is 0.278. The third-order valence-electron chi connectivity index (χ3n) is 3.97. The van der Waals surface area contributed by atoms with Crippen molar-refractivity contribution in [2.24, 2.45) is 0 Å². The van der Waals surface area contributed by atoms with E-state index in [4.69, 9.17) is 21.3 Å². The summed E-state index contributed by atoms with van der Waals surface area (Å²) in [5.74, 6) is 0. The van der Waals surface area contributed by atoms with Gasteiger partial charge < -0.3 is 14.6 Å². The maximum atomic E-state index is 5.92. The van der Waals surface area contributed by atoms with E-state index in [1.54, 1.807) is 18.4 Å². The topological polar surface area (TPSA) is 39.1 Å². The lowest BCUT2D eigenvalue weighted by Crippen LogP contribution is -2.07. The Kier molecular flexibility index (Phi) is 5.23. The van der Waals surface area contributed by atoms with Crippen molar-refractivity contribution in [3.05, 3.63) is 52.1 Å². The number of nitrogens with zero attached hydrogens (tertiary/aromatic N) is 2. The monoisotopic (exact) mass is 361 g/mol. The van der Waals surface area contributed by atoms with E-state index in [2.05, 4.69) is 35.2 Å². The molecule has 0 saturated heterocycles. The number of anilines is 2. The van der Waals surface area contributed by atoms with Gasteiger partial charge in [-0.3, -0.25) is 0 Å². The number of hydrogen-bond acceptors (Lipinski definition) is 4. The van der Waals surface area contributed by atoms with Crippen molar-refractivity contribution >= 4 is 33.8 Å². The Morgan fingerprint density at radius 1 is 1.25 bits per heavy atom. The highest BCUT2D eigenvalue weighted by Gasteiger charge is 2.13. The highest BCUT2D eigenvalue weighted by molar-refractivity contribution is 7.14. The van der Waals surface area contributed by atoms with Crippen LogP contribution in [-0.2, 0) is 11.3 Å². The number of hydrogen-bond donors (Lipinski definition) is 1. The van der Waals surface area contributed by atoms with Crippen LogP contribution in [0.5, 0.6) is 0 Å². The maximum absolute atomic E-state index is 5.92. The van der Waals surface area contributed by atoms with Crippen molar-refractivity contribution in [1.29, 1.82) is 0 Å². The molecule has 0 amide bonds. The summed E-state index contributed by atoms with van der Waals surface area (Å²) in [5.41, 5.74) is 5.58. The Morgan fingerprint density at radius 2 is 2.00 bits per heavy atom. The number of halogens is 1. The lowest BCUT2D eigenvalue weighted by Gasteiger charge is -2.08. The smallest absolute Gasteiger partial charge is 0.187 e. The second kappa shape index (κ2) is 7.38. The molecule has 6 heteroatoms. The Morgan fingerprint density at radius 3 is 2.71 bits per heavy atom. The van der Waals surface area contributed by atoms with E-state index in [0.29, 0.717) is 6.61 Å². The molecule has 0 aliphatic rings. The minimum atomic E-state index is 0.705. The zero-order chi connectivity index (χ0) is 17.1. The minimum Gasteiger partial charge on any atom is -0.383 e. The predicted octanol–water partition coefficient (Wildman–Crippen LogP) is 5.27. The average Bonchev–Trinajstić information content (AvgIpc) is 3.13. The molecule has 1 N–H and O–H groups in total. The van der Waals surface area contributed by atoms with Crippen molar-refractivity contribution < 1.29 is 4.74 Å². The first-order valence-corrected chi connectivity index (χ1v) is 8.98. The molecule has 0 aliphatic heterocycles. The average molecular weight is 362 g/mol. The highest BCUT2D eigenvalue weighted by Crippen LogP contribution is 2.31. The zero-order valence-electron chi connectivity index (χ0n) is 14.0. The van der Waals surface area contributed by atoms with Gasteiger partial charge in [-0.05, 0) is 44.2 Å². The largest absolute Gasteiger partial charge is 0.383 e. The molecule has 2 aromatic heterocycles. The van der Waals surface area contributed by atoms with Gasteiger partial charge in [-0.1, -0.05) is 11.6 Å². The van der Waals surface area contributed by atoms with Crippen LogP contribution in [0.1, 0.15) is 11.4 Å². The van der Waals surface area contributed by atoms with Gasteiger partial charge in [-0.15, -0.1) is 11.3 Å². The number of thiazole rings is 1. The van der Waals surface area contributed by atoms with Gasteiger partial charge in [0.1, 0.15) is 0 Å². The molecule has 0 fully saturated rings. The molecule has 0 atom stereocenters. The normalized spacial score (nSPS) is 11.0. The fourth-order valence-corrected chi connectivity index (χ4v) is 3.56. The summed E-state index contributed by atoms with van der Waals surface area (Å²) in [6.45, 7) is 5.81. The van der Waals surface area contributed by atoms with Crippen LogP contribution in [0.25, 0.3) is 11.3 Å². The molecule has 0 radical (unpaired) electrons. The number of aryl methyl sites for hydroxylation is 1. The molecule has 0 aliphatic carbocycles. The molecular formula is C18H20ClN3OS. The SMILES string of the molecule is COCCn1c(C)cc(-c2csc(Nc3ccc(Cl)cc3)n2)c1C. The van der Waals surface area contributed by atoms with Gasteiger partial charge >= 0.3 is 0 Å². The molecule has 0 spiro atoms. The Bertz CT molecular complexity index is 823. The Labute approximate surface area is 151 Å². The van der Waals surface area contributed by atoms with Gasteiger partial charge in [-0.25, -0.2) is 4.98 Å². The molecule has 126 valence electrons. The predicted molar refractivity (Wildman–Crippen MR) is 102 cm³/mol. The lowest BCUT2D eigenvalue weighted by molar-refractivity contribution is 0.186. The first-order valence-electron chi connectivity index (χ1n) is 7.72. The second-order valence-corrected chi connectivity index (χ2v) is 6.89. The Hall–Kier alpha value is -1.82. The van der Waals surface area contributed by atoms with E-state index in [0.717, 1.165) is 28.1 Å². The van der Waals surface area contributed by atoms with E-state index < -0.39 is 0 Å².